The van der Waals surface area contributed by atoms with Crippen molar-refractivity contribution in [3.63, 3.8) is 0 Å². The lowest BCUT2D eigenvalue weighted by Gasteiger charge is -2.19. The summed E-state index contributed by atoms with van der Waals surface area (Å²) < 4.78 is 83.6. The molecule has 1 unspecified atom stereocenters. The van der Waals surface area contributed by atoms with E-state index in [4.69, 9.17) is 27.9 Å². The predicted molar refractivity (Wildman–Crippen MR) is 129 cm³/mol. The number of hydrogen-bond acceptors (Lipinski definition) is 4. The minimum absolute atomic E-state index is 0.130. The van der Waals surface area contributed by atoms with Gasteiger partial charge in [0, 0.05) is 11.1 Å². The molecule has 3 rings (SSSR count). The van der Waals surface area contributed by atoms with Crippen LogP contribution in [0.25, 0.3) is 0 Å². The van der Waals surface area contributed by atoms with Gasteiger partial charge in [-0.15, -0.1) is 0 Å². The molecule has 14 heteroatoms. The van der Waals surface area contributed by atoms with Crippen LogP contribution >= 0.6 is 23.2 Å². The van der Waals surface area contributed by atoms with Crippen molar-refractivity contribution in [2.24, 2.45) is 0 Å². The number of benzene rings is 3. The third kappa shape index (κ3) is 7.87. The van der Waals surface area contributed by atoms with Gasteiger partial charge in [0.05, 0.1) is 26.9 Å². The van der Waals surface area contributed by atoms with Crippen LogP contribution in [0.5, 0.6) is 0 Å². The number of halogens is 8. The number of ether oxygens (including phenoxy) is 1. The first-order chi connectivity index (χ1) is 18.2. The Labute approximate surface area is 226 Å². The summed E-state index contributed by atoms with van der Waals surface area (Å²) in [4.78, 5) is 37.7. The number of nitrogens with one attached hydrogen (secondary N) is 2. The maximum Gasteiger partial charge on any atom is 0.417 e. The van der Waals surface area contributed by atoms with E-state index in [0.717, 1.165) is 18.2 Å². The molecule has 0 saturated heterocycles. The lowest BCUT2D eigenvalue weighted by molar-refractivity contribution is -0.153. The number of amides is 2. The molecule has 0 radical (unpaired) electrons. The highest BCUT2D eigenvalue weighted by Gasteiger charge is 2.34. The number of carbonyl (C=O) groups is 3. The molecule has 1 atom stereocenters. The molecule has 0 fully saturated rings. The van der Waals surface area contributed by atoms with Crippen LogP contribution in [0.4, 0.5) is 32.0 Å². The molecule has 39 heavy (non-hydrogen) atoms. The maximum atomic E-state index is 13.1. The molecule has 0 aromatic heterocycles. The van der Waals surface area contributed by atoms with Crippen molar-refractivity contribution < 1.29 is 45.5 Å². The molecule has 0 aliphatic carbocycles. The Morgan fingerprint density at radius 1 is 0.821 bits per heavy atom. The van der Waals surface area contributed by atoms with E-state index in [2.05, 4.69) is 10.6 Å². The SMILES string of the molecule is O=C(CNC(=O)c1ccc(Cl)c(C(F)(F)F)c1)OC(C(=O)Nc1cc(C(F)(F)F)ccc1Cl)c1ccccc1. The quantitative estimate of drug-likeness (QED) is 0.237. The first-order valence-electron chi connectivity index (χ1n) is 10.7. The standard InChI is InChI=1S/C25H16Cl2F6N2O4/c26-17-8-6-14(10-16(17)25(31,32)33)22(37)34-12-20(36)39-21(13-4-2-1-3-5-13)23(38)35-19-11-15(24(28,29)30)7-9-18(19)27/h1-11,21H,12H2,(H,34,37)(H,35,38). The number of rotatable bonds is 7. The number of esters is 1. The van der Waals surface area contributed by atoms with Crippen molar-refractivity contribution >= 4 is 46.7 Å². The van der Waals surface area contributed by atoms with Crippen molar-refractivity contribution in [2.75, 3.05) is 11.9 Å². The van der Waals surface area contributed by atoms with Gasteiger partial charge in [-0.3, -0.25) is 14.4 Å². The fourth-order valence-corrected chi connectivity index (χ4v) is 3.60. The van der Waals surface area contributed by atoms with E-state index in [1.165, 1.54) is 24.3 Å². The van der Waals surface area contributed by atoms with Gasteiger partial charge in [-0.25, -0.2) is 0 Å². The average molecular weight is 593 g/mol. The van der Waals surface area contributed by atoms with Gasteiger partial charge in [-0.2, -0.15) is 26.3 Å². The molecule has 0 spiro atoms. The third-order valence-electron chi connectivity index (χ3n) is 5.07. The Morgan fingerprint density at radius 2 is 1.46 bits per heavy atom. The molecule has 0 aliphatic rings. The zero-order valence-corrected chi connectivity index (χ0v) is 20.8. The fourth-order valence-electron chi connectivity index (χ4n) is 3.21. The normalized spacial score (nSPS) is 12.4. The number of hydrogen-bond donors (Lipinski definition) is 2. The molecule has 3 aromatic carbocycles. The van der Waals surface area contributed by atoms with Crippen molar-refractivity contribution in [1.29, 1.82) is 0 Å². The summed E-state index contributed by atoms with van der Waals surface area (Å²) in [6.07, 6.45) is -11.2. The smallest absolute Gasteiger partial charge is 0.417 e. The fraction of sp³-hybridized carbons (Fsp3) is 0.160. The molecule has 2 amide bonds. The average Bonchev–Trinajstić information content (AvgIpc) is 2.86. The first kappa shape index (κ1) is 29.8. The summed E-state index contributed by atoms with van der Waals surface area (Å²) in [7, 11) is 0. The largest absolute Gasteiger partial charge is 0.446 e. The molecule has 0 aliphatic heterocycles. The Morgan fingerprint density at radius 3 is 2.08 bits per heavy atom. The van der Waals surface area contributed by atoms with E-state index in [0.29, 0.717) is 18.2 Å². The lowest BCUT2D eigenvalue weighted by atomic mass is 10.1. The predicted octanol–water partition coefficient (Wildman–Crippen LogP) is 6.68. The third-order valence-corrected chi connectivity index (χ3v) is 5.73. The van der Waals surface area contributed by atoms with Gasteiger partial charge in [0.2, 0.25) is 6.10 Å². The molecular weight excluding hydrogens is 577 g/mol. The van der Waals surface area contributed by atoms with E-state index >= 15 is 0 Å². The molecular formula is C25H16Cl2F6N2O4. The number of alkyl halides is 6. The van der Waals surface area contributed by atoms with Gasteiger partial charge in [-0.05, 0) is 36.4 Å². The molecule has 6 nitrogen and oxygen atoms in total. The maximum absolute atomic E-state index is 13.1. The molecule has 0 bridgehead atoms. The van der Waals surface area contributed by atoms with Gasteiger partial charge >= 0.3 is 18.3 Å². The second-order valence-electron chi connectivity index (χ2n) is 7.84. The van der Waals surface area contributed by atoms with Gasteiger partial charge in [-0.1, -0.05) is 53.5 Å². The minimum atomic E-state index is -4.83. The first-order valence-corrected chi connectivity index (χ1v) is 11.5. The number of anilines is 1. The Hall–Kier alpha value is -3.77. The topological polar surface area (TPSA) is 84.5 Å². The van der Waals surface area contributed by atoms with Crippen LogP contribution in [0.3, 0.4) is 0 Å². The van der Waals surface area contributed by atoms with Crippen LogP contribution in [-0.2, 0) is 26.7 Å². The number of carbonyl (C=O) groups excluding carboxylic acids is 3. The Bertz CT molecular complexity index is 1380. The van der Waals surface area contributed by atoms with Crippen LogP contribution in [0.1, 0.15) is 33.2 Å². The second kappa shape index (κ2) is 12.0. The van der Waals surface area contributed by atoms with Gasteiger partial charge in [0.15, 0.2) is 0 Å². The molecule has 0 saturated carbocycles. The monoisotopic (exact) mass is 592 g/mol. The van der Waals surface area contributed by atoms with Gasteiger partial charge in [0.25, 0.3) is 11.8 Å². The van der Waals surface area contributed by atoms with E-state index < -0.39 is 70.2 Å². The van der Waals surface area contributed by atoms with Crippen molar-refractivity contribution in [3.05, 3.63) is 99.0 Å². The van der Waals surface area contributed by atoms with E-state index in [9.17, 15) is 40.7 Å². The van der Waals surface area contributed by atoms with Crippen LogP contribution in [-0.4, -0.2) is 24.3 Å². The zero-order chi connectivity index (χ0) is 29.0. The second-order valence-corrected chi connectivity index (χ2v) is 8.65. The summed E-state index contributed by atoms with van der Waals surface area (Å²) in [5.74, 6) is -3.30. The summed E-state index contributed by atoms with van der Waals surface area (Å²) >= 11 is 11.5. The summed E-state index contributed by atoms with van der Waals surface area (Å²) in [6, 6.07) is 12.0. The summed E-state index contributed by atoms with van der Waals surface area (Å²) in [6.45, 7) is -0.857. The Balaban J connectivity index is 1.75. The van der Waals surface area contributed by atoms with E-state index in [1.807, 2.05) is 0 Å². The Kier molecular flexibility index (Phi) is 9.13. The highest BCUT2D eigenvalue weighted by atomic mass is 35.5. The van der Waals surface area contributed by atoms with Crippen LogP contribution in [0, 0.1) is 0 Å². The highest BCUT2D eigenvalue weighted by molar-refractivity contribution is 6.33. The van der Waals surface area contributed by atoms with Gasteiger partial charge < -0.3 is 15.4 Å². The van der Waals surface area contributed by atoms with Crippen LogP contribution in [0.15, 0.2) is 66.7 Å². The van der Waals surface area contributed by atoms with Crippen LogP contribution < -0.4 is 10.6 Å². The molecule has 2 N–H and O–H groups in total. The summed E-state index contributed by atoms with van der Waals surface area (Å²) in [5, 5.41) is 3.41. The van der Waals surface area contributed by atoms with E-state index in [-0.39, 0.29) is 10.6 Å². The molecule has 0 heterocycles. The molecule has 206 valence electrons. The van der Waals surface area contributed by atoms with Crippen molar-refractivity contribution in [3.8, 4) is 0 Å². The minimum Gasteiger partial charge on any atom is -0.446 e. The zero-order valence-electron chi connectivity index (χ0n) is 19.3. The lowest BCUT2D eigenvalue weighted by Crippen LogP contribution is -2.33. The molecule has 3 aromatic rings. The van der Waals surface area contributed by atoms with E-state index in [1.54, 1.807) is 6.07 Å². The van der Waals surface area contributed by atoms with Gasteiger partial charge in [0.1, 0.15) is 6.54 Å². The van der Waals surface area contributed by atoms with Crippen LogP contribution in [0.2, 0.25) is 10.0 Å². The summed E-state index contributed by atoms with van der Waals surface area (Å²) in [5.41, 5.74) is -3.06. The van der Waals surface area contributed by atoms with Crippen molar-refractivity contribution in [1.82, 2.24) is 5.32 Å². The highest BCUT2D eigenvalue weighted by Crippen LogP contribution is 2.36. The van der Waals surface area contributed by atoms with Crippen molar-refractivity contribution in [2.45, 2.75) is 18.5 Å².